The van der Waals surface area contributed by atoms with E-state index in [1.807, 2.05) is 103 Å². The minimum absolute atomic E-state index is 0. The molecule has 9 rings (SSSR count). The number of pyridine rings is 2. The first-order valence-electron chi connectivity index (χ1n) is 16.6. The van der Waals surface area contributed by atoms with Crippen LogP contribution in [0.5, 0.6) is 0 Å². The van der Waals surface area contributed by atoms with Crippen LogP contribution >= 0.6 is 0 Å². The fraction of sp³-hybridized carbons (Fsp3) is 0. The zero-order valence-corrected chi connectivity index (χ0v) is 30.2. The summed E-state index contributed by atoms with van der Waals surface area (Å²) in [6.07, 6.45) is 3.55. The first kappa shape index (κ1) is 34.0. The van der Waals surface area contributed by atoms with Crippen LogP contribution < -0.4 is 0 Å². The van der Waals surface area contributed by atoms with Crippen LogP contribution in [-0.2, 0) is 20.1 Å². The van der Waals surface area contributed by atoms with Gasteiger partial charge in [-0.2, -0.15) is 5.26 Å². The zero-order valence-electron chi connectivity index (χ0n) is 27.8. The second kappa shape index (κ2) is 15.6. The van der Waals surface area contributed by atoms with Gasteiger partial charge in [0.1, 0.15) is 5.58 Å². The summed E-state index contributed by atoms with van der Waals surface area (Å²) in [6.45, 7) is 0. The van der Waals surface area contributed by atoms with E-state index in [1.165, 1.54) is 11.1 Å². The van der Waals surface area contributed by atoms with Crippen molar-refractivity contribution in [2.45, 2.75) is 0 Å². The molecule has 0 amide bonds. The Balaban J connectivity index is 0.000000275. The van der Waals surface area contributed by atoms with Crippen molar-refractivity contribution < 1.29 is 24.5 Å². The molecule has 3 heterocycles. The average molecular weight is 844 g/mol. The molecule has 0 aliphatic rings. The molecule has 5 heteroatoms. The number of nitriles is 1. The molecule has 9 aromatic rings. The van der Waals surface area contributed by atoms with E-state index in [0.717, 1.165) is 61.1 Å². The largest absolute Gasteiger partial charge is 0.500 e. The van der Waals surface area contributed by atoms with Crippen molar-refractivity contribution in [3.8, 4) is 62.0 Å². The van der Waals surface area contributed by atoms with Gasteiger partial charge >= 0.3 is 0 Å². The van der Waals surface area contributed by atoms with E-state index in [9.17, 15) is 5.26 Å². The molecule has 0 aliphatic carbocycles. The number of furan rings is 1. The first-order valence-corrected chi connectivity index (χ1v) is 16.6. The van der Waals surface area contributed by atoms with Crippen LogP contribution in [0.3, 0.4) is 0 Å². The molecule has 0 saturated heterocycles. The van der Waals surface area contributed by atoms with Crippen LogP contribution in [0.2, 0.25) is 0 Å². The van der Waals surface area contributed by atoms with Gasteiger partial charge in [-0.3, -0.25) is 0 Å². The predicted octanol–water partition coefficient (Wildman–Crippen LogP) is 11.9. The Hall–Kier alpha value is -6.44. The Bertz CT molecular complexity index is 2580. The molecule has 0 N–H and O–H groups in total. The van der Waals surface area contributed by atoms with Crippen molar-refractivity contribution in [2.75, 3.05) is 0 Å². The fourth-order valence-corrected chi connectivity index (χ4v) is 6.30. The maximum atomic E-state index is 10.1. The Morgan fingerprint density at radius 1 is 0.500 bits per heavy atom. The number of hydrogen-bond donors (Lipinski definition) is 0. The van der Waals surface area contributed by atoms with E-state index >= 15 is 0 Å². The maximum Gasteiger partial charge on any atom is 0.130 e. The second-order valence-corrected chi connectivity index (χ2v) is 11.9. The number of rotatable bonds is 5. The summed E-state index contributed by atoms with van der Waals surface area (Å²) in [5, 5.41) is 12.0. The van der Waals surface area contributed by atoms with E-state index in [-0.39, 0.29) is 20.1 Å². The molecular formula is C47H29IrN3O-2. The standard InChI is InChI=1S/C36H21N2O.C11H8N.Ir/c37-23-29-19-20-31-30-12-7-13-32(33-14-4-5-21-38-33)35(30)39-36(31)34(29)28-11-6-10-27(22-28)26-17-15-25(16-18-26)24-8-2-1-3-9-24;1-2-6-10(7-3-1)11-8-4-5-9-12-11;/h1-12,14-22H;1-6,8-9H;/q2*-1;. The molecule has 0 aliphatic heterocycles. The van der Waals surface area contributed by atoms with Gasteiger partial charge in [0.2, 0.25) is 0 Å². The van der Waals surface area contributed by atoms with E-state index in [0.29, 0.717) is 11.1 Å². The summed E-state index contributed by atoms with van der Waals surface area (Å²) in [4.78, 5) is 8.73. The van der Waals surface area contributed by atoms with Crippen LogP contribution in [0, 0.1) is 23.5 Å². The van der Waals surface area contributed by atoms with Gasteiger partial charge in [-0.25, -0.2) is 0 Å². The van der Waals surface area contributed by atoms with Gasteiger partial charge in [-0.1, -0.05) is 114 Å². The summed E-state index contributed by atoms with van der Waals surface area (Å²) in [7, 11) is 0. The third-order valence-electron chi connectivity index (χ3n) is 8.77. The van der Waals surface area contributed by atoms with Crippen LogP contribution in [-0.4, -0.2) is 9.97 Å². The summed E-state index contributed by atoms with van der Waals surface area (Å²) < 4.78 is 6.55. The fourth-order valence-electron chi connectivity index (χ4n) is 6.30. The van der Waals surface area contributed by atoms with Gasteiger partial charge in [0.25, 0.3) is 0 Å². The molecule has 3 aromatic heterocycles. The molecular weight excluding hydrogens is 815 g/mol. The minimum Gasteiger partial charge on any atom is -0.500 e. The Kier molecular flexibility index (Phi) is 10.2. The van der Waals surface area contributed by atoms with Crippen molar-refractivity contribution in [3.05, 3.63) is 194 Å². The normalized spacial score (nSPS) is 10.5. The average Bonchev–Trinajstić information content (AvgIpc) is 3.61. The smallest absolute Gasteiger partial charge is 0.130 e. The number of hydrogen-bond acceptors (Lipinski definition) is 4. The molecule has 0 saturated carbocycles. The molecule has 0 unspecified atom stereocenters. The molecule has 0 bridgehead atoms. The Morgan fingerprint density at radius 3 is 1.83 bits per heavy atom. The van der Waals surface area contributed by atoms with Crippen molar-refractivity contribution in [1.29, 1.82) is 5.26 Å². The molecule has 0 fully saturated rings. The van der Waals surface area contributed by atoms with Crippen molar-refractivity contribution in [2.24, 2.45) is 0 Å². The summed E-state index contributed by atoms with van der Waals surface area (Å²) in [6, 6.07) is 63.3. The molecule has 249 valence electrons. The predicted molar refractivity (Wildman–Crippen MR) is 205 cm³/mol. The summed E-state index contributed by atoms with van der Waals surface area (Å²) in [5.41, 5.74) is 11.9. The van der Waals surface area contributed by atoms with Gasteiger partial charge in [0, 0.05) is 43.4 Å². The van der Waals surface area contributed by atoms with Crippen molar-refractivity contribution in [1.82, 2.24) is 9.97 Å². The third kappa shape index (κ3) is 6.95. The van der Waals surface area contributed by atoms with Gasteiger partial charge in [-0.15, -0.1) is 54.1 Å². The van der Waals surface area contributed by atoms with Crippen LogP contribution in [0.25, 0.3) is 77.8 Å². The van der Waals surface area contributed by atoms with Crippen LogP contribution in [0.4, 0.5) is 0 Å². The molecule has 0 atom stereocenters. The molecule has 52 heavy (non-hydrogen) atoms. The van der Waals surface area contributed by atoms with Crippen LogP contribution in [0.1, 0.15) is 5.56 Å². The first-order chi connectivity index (χ1) is 25.3. The number of nitrogens with zero attached hydrogens (tertiary/aromatic N) is 3. The minimum atomic E-state index is 0. The molecule has 1 radical (unpaired) electrons. The topological polar surface area (TPSA) is 62.7 Å². The number of benzene rings is 6. The van der Waals surface area contributed by atoms with Gasteiger partial charge in [-0.05, 0) is 63.5 Å². The number of aromatic nitrogens is 2. The Morgan fingerprint density at radius 2 is 1.13 bits per heavy atom. The van der Waals surface area contributed by atoms with Crippen LogP contribution in [0.15, 0.2) is 181 Å². The van der Waals surface area contributed by atoms with Crippen molar-refractivity contribution >= 4 is 21.9 Å². The quantitative estimate of drug-likeness (QED) is 0.162. The Labute approximate surface area is 316 Å². The van der Waals surface area contributed by atoms with E-state index in [2.05, 4.69) is 88.8 Å². The summed E-state index contributed by atoms with van der Waals surface area (Å²) >= 11 is 0. The maximum absolute atomic E-state index is 10.1. The van der Waals surface area contributed by atoms with Gasteiger partial charge in [0.05, 0.1) is 17.2 Å². The molecule has 6 aromatic carbocycles. The molecule has 4 nitrogen and oxygen atoms in total. The van der Waals surface area contributed by atoms with E-state index < -0.39 is 0 Å². The molecule has 0 spiro atoms. The third-order valence-corrected chi connectivity index (χ3v) is 8.77. The monoisotopic (exact) mass is 844 g/mol. The van der Waals surface area contributed by atoms with Crippen molar-refractivity contribution in [3.63, 3.8) is 0 Å². The van der Waals surface area contributed by atoms with E-state index in [1.54, 1.807) is 12.4 Å². The zero-order chi connectivity index (χ0) is 34.4. The number of fused-ring (bicyclic) bond motifs is 3. The second-order valence-electron chi connectivity index (χ2n) is 11.9. The summed E-state index contributed by atoms with van der Waals surface area (Å²) in [5.74, 6) is 0. The van der Waals surface area contributed by atoms with Gasteiger partial charge in [0.15, 0.2) is 0 Å². The SMILES string of the molecule is N#Cc1ccc2c(oc3c(-c4ccccn4)[c-]ccc32)c1-c1cccc(-c2ccc(-c3ccccc3)cc2)c1.[Ir].[c-]1ccccc1-c1ccccn1. The van der Waals surface area contributed by atoms with Gasteiger partial charge < -0.3 is 14.4 Å². The van der Waals surface area contributed by atoms with E-state index in [4.69, 9.17) is 4.42 Å².